The number of hydrogen-bond donors (Lipinski definition) is 1. The molecule has 0 unspecified atom stereocenters. The van der Waals surface area contributed by atoms with Crippen LogP contribution in [0, 0.1) is 0 Å². The summed E-state index contributed by atoms with van der Waals surface area (Å²) >= 11 is 0. The fourth-order valence-corrected chi connectivity index (χ4v) is 4.49. The van der Waals surface area contributed by atoms with Crippen molar-refractivity contribution in [3.8, 4) is 17.1 Å². The minimum Gasteiger partial charge on any atom is -0.492 e. The molecule has 0 amide bonds. The first kappa shape index (κ1) is 20.4. The van der Waals surface area contributed by atoms with E-state index in [1.54, 1.807) is 29.7 Å². The molecule has 1 aromatic heterocycles. The van der Waals surface area contributed by atoms with E-state index in [1.165, 1.54) is 10.7 Å². The Labute approximate surface area is 175 Å². The second kappa shape index (κ2) is 8.45. The molecule has 158 valence electrons. The van der Waals surface area contributed by atoms with Crippen molar-refractivity contribution in [2.45, 2.75) is 37.2 Å². The molecule has 1 heterocycles. The lowest BCUT2D eigenvalue weighted by Gasteiger charge is -2.11. The van der Waals surface area contributed by atoms with Crippen LogP contribution in [-0.2, 0) is 16.6 Å². The second-order valence-electron chi connectivity index (χ2n) is 7.07. The summed E-state index contributed by atoms with van der Waals surface area (Å²) in [6, 6.07) is 16.2. The molecule has 4 rings (SSSR count). The summed E-state index contributed by atoms with van der Waals surface area (Å²) in [5.74, 6) is 0.918. The molecule has 1 aliphatic carbocycles. The number of para-hydroxylation sites is 1. The highest BCUT2D eigenvalue weighted by atomic mass is 32.2. The molecular weight excluding hydrogens is 404 g/mol. The van der Waals surface area contributed by atoms with Gasteiger partial charge in [0.05, 0.1) is 13.2 Å². The summed E-state index contributed by atoms with van der Waals surface area (Å²) in [7, 11) is -3.78. The van der Waals surface area contributed by atoms with E-state index in [4.69, 9.17) is 4.74 Å². The smallest absolute Gasteiger partial charge is 0.346 e. The van der Waals surface area contributed by atoms with Crippen LogP contribution in [-0.4, -0.2) is 35.9 Å². The zero-order chi connectivity index (χ0) is 21.1. The summed E-state index contributed by atoms with van der Waals surface area (Å²) in [6.45, 7) is 2.33. The van der Waals surface area contributed by atoms with Gasteiger partial charge in [-0.15, -0.1) is 5.10 Å². The van der Waals surface area contributed by atoms with Crippen molar-refractivity contribution in [1.29, 1.82) is 0 Å². The van der Waals surface area contributed by atoms with Crippen molar-refractivity contribution in [3.63, 3.8) is 0 Å². The number of hydrogen-bond acceptors (Lipinski definition) is 5. The van der Waals surface area contributed by atoms with Crippen LogP contribution in [0.3, 0.4) is 0 Å². The Bertz CT molecular complexity index is 1180. The first-order valence-electron chi connectivity index (χ1n) is 9.97. The van der Waals surface area contributed by atoms with E-state index in [9.17, 15) is 13.2 Å². The zero-order valence-electron chi connectivity index (χ0n) is 16.7. The van der Waals surface area contributed by atoms with E-state index in [1.807, 2.05) is 30.3 Å². The van der Waals surface area contributed by atoms with E-state index in [2.05, 4.69) is 9.82 Å². The lowest BCUT2D eigenvalue weighted by Crippen LogP contribution is -2.32. The van der Waals surface area contributed by atoms with Gasteiger partial charge in [0.2, 0.25) is 10.0 Å². The number of aromatic nitrogens is 3. The van der Waals surface area contributed by atoms with Crippen molar-refractivity contribution in [1.82, 2.24) is 19.1 Å². The van der Waals surface area contributed by atoms with Gasteiger partial charge in [-0.3, -0.25) is 4.57 Å². The van der Waals surface area contributed by atoms with Gasteiger partial charge >= 0.3 is 5.69 Å². The van der Waals surface area contributed by atoms with E-state index < -0.39 is 10.0 Å². The van der Waals surface area contributed by atoms with Gasteiger partial charge in [-0.1, -0.05) is 42.5 Å². The van der Waals surface area contributed by atoms with E-state index in [0.29, 0.717) is 18.2 Å². The maximum atomic E-state index is 12.9. The third-order valence-corrected chi connectivity index (χ3v) is 6.37. The SMILES string of the molecule is CCOc1ccccc1S(=O)(=O)NCCn1nc(-c2ccccc2)n(C2CC2)c1=O. The molecule has 1 fully saturated rings. The van der Waals surface area contributed by atoms with Crippen molar-refractivity contribution in [2.75, 3.05) is 13.2 Å². The number of ether oxygens (including phenoxy) is 1. The quantitative estimate of drug-likeness (QED) is 0.565. The van der Waals surface area contributed by atoms with Crippen molar-refractivity contribution in [3.05, 3.63) is 65.1 Å². The predicted octanol–water partition coefficient (Wildman–Crippen LogP) is 2.42. The van der Waals surface area contributed by atoms with Crippen molar-refractivity contribution < 1.29 is 13.2 Å². The van der Waals surface area contributed by atoms with Gasteiger partial charge in [0.25, 0.3) is 0 Å². The Morgan fingerprint density at radius 2 is 1.80 bits per heavy atom. The second-order valence-corrected chi connectivity index (χ2v) is 8.81. The molecule has 3 aromatic rings. The molecule has 0 atom stereocenters. The molecular formula is C21H24N4O4S. The average molecular weight is 429 g/mol. The van der Waals surface area contributed by atoms with Crippen LogP contribution < -0.4 is 15.1 Å². The van der Waals surface area contributed by atoms with Crippen molar-refractivity contribution in [2.24, 2.45) is 0 Å². The fourth-order valence-electron chi connectivity index (χ4n) is 3.32. The average Bonchev–Trinajstić information content (AvgIpc) is 3.53. The number of nitrogens with zero attached hydrogens (tertiary/aromatic N) is 3. The highest BCUT2D eigenvalue weighted by Gasteiger charge is 2.30. The third-order valence-electron chi connectivity index (χ3n) is 4.87. The Balaban J connectivity index is 1.53. The zero-order valence-corrected chi connectivity index (χ0v) is 17.5. The minimum absolute atomic E-state index is 0.0403. The molecule has 30 heavy (non-hydrogen) atoms. The van der Waals surface area contributed by atoms with E-state index in [0.717, 1.165) is 18.4 Å². The van der Waals surface area contributed by atoms with Crippen LogP contribution in [0.2, 0.25) is 0 Å². The molecule has 0 saturated heterocycles. The van der Waals surface area contributed by atoms with Crippen molar-refractivity contribution >= 4 is 10.0 Å². The predicted molar refractivity (Wildman–Crippen MR) is 113 cm³/mol. The summed E-state index contributed by atoms with van der Waals surface area (Å²) in [5.41, 5.74) is 0.650. The highest BCUT2D eigenvalue weighted by molar-refractivity contribution is 7.89. The molecule has 1 saturated carbocycles. The van der Waals surface area contributed by atoms with Gasteiger partial charge < -0.3 is 4.74 Å². The molecule has 0 bridgehead atoms. The normalized spacial score (nSPS) is 14.0. The molecule has 0 radical (unpaired) electrons. The standard InChI is InChI=1S/C21H24N4O4S/c1-2-29-18-10-6-7-11-19(18)30(27,28)22-14-15-24-21(26)25(17-12-13-17)20(23-24)16-8-4-3-5-9-16/h3-11,17,22H,2,12-15H2,1H3. The first-order valence-corrected chi connectivity index (χ1v) is 11.5. The topological polar surface area (TPSA) is 95.2 Å². The van der Waals surface area contributed by atoms with Gasteiger partial charge in [-0.05, 0) is 31.9 Å². The van der Waals surface area contributed by atoms with Gasteiger partial charge in [0.15, 0.2) is 5.82 Å². The Kier molecular flexibility index (Phi) is 5.74. The Morgan fingerprint density at radius 1 is 1.10 bits per heavy atom. The first-order chi connectivity index (χ1) is 14.5. The van der Waals surface area contributed by atoms with Crippen LogP contribution in [0.4, 0.5) is 0 Å². The number of nitrogens with one attached hydrogen (secondary N) is 1. The number of benzene rings is 2. The van der Waals surface area contributed by atoms with Crippen LogP contribution in [0.15, 0.2) is 64.3 Å². The maximum Gasteiger partial charge on any atom is 0.346 e. The molecule has 9 heteroatoms. The summed E-state index contributed by atoms with van der Waals surface area (Å²) < 4.78 is 36.4. The Hall–Kier alpha value is -2.91. The monoisotopic (exact) mass is 428 g/mol. The number of sulfonamides is 1. The van der Waals surface area contributed by atoms with Crippen LogP contribution in [0.1, 0.15) is 25.8 Å². The Morgan fingerprint density at radius 3 is 2.50 bits per heavy atom. The third kappa shape index (κ3) is 4.17. The van der Waals surface area contributed by atoms with Crippen LogP contribution in [0.5, 0.6) is 5.75 Å². The maximum absolute atomic E-state index is 12.9. The minimum atomic E-state index is -3.78. The van der Waals surface area contributed by atoms with Gasteiger partial charge in [-0.25, -0.2) is 22.6 Å². The molecule has 2 aromatic carbocycles. The molecule has 0 spiro atoms. The lowest BCUT2D eigenvalue weighted by molar-refractivity contribution is 0.331. The molecule has 8 nitrogen and oxygen atoms in total. The lowest BCUT2D eigenvalue weighted by atomic mass is 10.2. The van der Waals surface area contributed by atoms with Gasteiger partial charge in [0, 0.05) is 18.2 Å². The highest BCUT2D eigenvalue weighted by Crippen LogP contribution is 2.36. The molecule has 1 aliphatic rings. The van der Waals surface area contributed by atoms with Crippen LogP contribution in [0.25, 0.3) is 11.4 Å². The largest absolute Gasteiger partial charge is 0.492 e. The van der Waals surface area contributed by atoms with Gasteiger partial charge in [0.1, 0.15) is 10.6 Å². The fraction of sp³-hybridized carbons (Fsp3) is 0.333. The molecule has 0 aliphatic heterocycles. The summed E-state index contributed by atoms with van der Waals surface area (Å²) in [5, 5.41) is 4.49. The summed E-state index contributed by atoms with van der Waals surface area (Å²) in [4.78, 5) is 13.0. The van der Waals surface area contributed by atoms with E-state index in [-0.39, 0.29) is 29.7 Å². The summed E-state index contributed by atoms with van der Waals surface area (Å²) in [6.07, 6.45) is 1.90. The van der Waals surface area contributed by atoms with Gasteiger partial charge in [-0.2, -0.15) is 0 Å². The number of rotatable bonds is 9. The van der Waals surface area contributed by atoms with Crippen LogP contribution >= 0.6 is 0 Å². The van der Waals surface area contributed by atoms with E-state index >= 15 is 0 Å². The molecule has 1 N–H and O–H groups in total.